The molecule has 1 fully saturated rings. The minimum Gasteiger partial charge on any atom is -0.481 e. The van der Waals surface area contributed by atoms with Gasteiger partial charge in [-0.1, -0.05) is 12.1 Å². The molecule has 0 radical (unpaired) electrons. The van der Waals surface area contributed by atoms with Crippen LogP contribution in [0.3, 0.4) is 0 Å². The Balaban J connectivity index is 1.83. The van der Waals surface area contributed by atoms with Crippen LogP contribution in [0.25, 0.3) is 0 Å². The van der Waals surface area contributed by atoms with Crippen molar-refractivity contribution in [3.8, 4) is 5.75 Å². The molecule has 2 aromatic carbocycles. The predicted molar refractivity (Wildman–Crippen MR) is 110 cm³/mol. The number of ether oxygens (including phenoxy) is 1. The van der Waals surface area contributed by atoms with E-state index in [1.54, 1.807) is 0 Å². The van der Waals surface area contributed by atoms with E-state index in [0.717, 1.165) is 29.2 Å². The summed E-state index contributed by atoms with van der Waals surface area (Å²) in [6.45, 7) is 1.12. The van der Waals surface area contributed by atoms with Gasteiger partial charge in [0.2, 0.25) is 0 Å². The molecule has 2 aromatic rings. The fraction of sp³-hybridized carbons (Fsp3) is 0.364. The van der Waals surface area contributed by atoms with Crippen LogP contribution < -0.4 is 4.74 Å². The van der Waals surface area contributed by atoms with E-state index in [-0.39, 0.29) is 36.5 Å². The number of carboxylic acids is 1. The van der Waals surface area contributed by atoms with Crippen LogP contribution in [-0.2, 0) is 11.2 Å². The molecule has 1 aliphatic heterocycles. The Bertz CT molecular complexity index is 1110. The van der Waals surface area contributed by atoms with Gasteiger partial charge in [-0.25, -0.2) is 9.18 Å². The predicted octanol–water partition coefficient (Wildman–Crippen LogP) is 4.92. The van der Waals surface area contributed by atoms with Gasteiger partial charge in [0.25, 0.3) is 5.69 Å². The van der Waals surface area contributed by atoms with Crippen molar-refractivity contribution in [1.82, 2.24) is 4.90 Å². The van der Waals surface area contributed by atoms with Crippen molar-refractivity contribution in [3.63, 3.8) is 0 Å². The summed E-state index contributed by atoms with van der Waals surface area (Å²) in [5.74, 6) is -2.97. The molecule has 0 spiro atoms. The van der Waals surface area contributed by atoms with E-state index < -0.39 is 52.3 Å². The lowest BCUT2D eigenvalue weighted by Gasteiger charge is -2.41. The maximum absolute atomic E-state index is 14.3. The Morgan fingerprint density at radius 2 is 1.88 bits per heavy atom. The number of hydrogen-bond acceptors (Lipinski definition) is 5. The number of nitro groups is 1. The zero-order valence-electron chi connectivity index (χ0n) is 17.8. The van der Waals surface area contributed by atoms with Crippen molar-refractivity contribution in [2.45, 2.75) is 31.9 Å². The number of piperidine rings is 1. The van der Waals surface area contributed by atoms with E-state index in [9.17, 15) is 42.4 Å². The zero-order valence-corrected chi connectivity index (χ0v) is 17.8. The quantitative estimate of drug-likeness (QED) is 0.367. The lowest BCUT2D eigenvalue weighted by Crippen LogP contribution is -2.51. The van der Waals surface area contributed by atoms with Gasteiger partial charge in [-0.2, -0.15) is 13.2 Å². The molecule has 182 valence electrons. The van der Waals surface area contributed by atoms with Gasteiger partial charge in [-0.15, -0.1) is 0 Å². The first-order valence-electron chi connectivity index (χ1n) is 10.1. The third kappa shape index (κ3) is 5.80. The highest BCUT2D eigenvalue weighted by Gasteiger charge is 2.44. The molecule has 34 heavy (non-hydrogen) atoms. The normalized spacial score (nSPS) is 20.6. The minimum atomic E-state index is -4.59. The second-order valence-electron chi connectivity index (χ2n) is 8.41. The monoisotopic (exact) mass is 484 g/mol. The number of carbonyl (C=O) groups is 2. The molecule has 1 N–H and O–H groups in total. The molecule has 0 aromatic heterocycles. The van der Waals surface area contributed by atoms with Gasteiger partial charge in [0.1, 0.15) is 11.6 Å². The van der Waals surface area contributed by atoms with Crippen molar-refractivity contribution < 1.29 is 41.9 Å². The summed E-state index contributed by atoms with van der Waals surface area (Å²) < 4.78 is 57.4. The maximum Gasteiger partial charge on any atom is 0.415 e. The second kappa shape index (κ2) is 9.27. The van der Waals surface area contributed by atoms with Crippen molar-refractivity contribution in [2.75, 3.05) is 13.1 Å². The Kier molecular flexibility index (Phi) is 6.80. The first-order valence-corrected chi connectivity index (χ1v) is 10.1. The highest BCUT2D eigenvalue weighted by atomic mass is 19.4. The van der Waals surface area contributed by atoms with Gasteiger partial charge < -0.3 is 14.7 Å². The molecule has 1 heterocycles. The van der Waals surface area contributed by atoms with E-state index in [1.165, 1.54) is 25.1 Å². The van der Waals surface area contributed by atoms with Gasteiger partial charge in [-0.3, -0.25) is 14.9 Å². The summed E-state index contributed by atoms with van der Waals surface area (Å²) in [5, 5.41) is 20.5. The fourth-order valence-electron chi connectivity index (χ4n) is 3.92. The van der Waals surface area contributed by atoms with Crippen molar-refractivity contribution in [2.24, 2.45) is 5.41 Å². The number of carboxylic acid groups (broad SMARTS) is 1. The molecule has 0 bridgehead atoms. The summed E-state index contributed by atoms with van der Waals surface area (Å²) in [7, 11) is 0. The Labute approximate surface area is 190 Å². The number of halogens is 4. The third-order valence-electron chi connectivity index (χ3n) is 5.64. The lowest BCUT2D eigenvalue weighted by molar-refractivity contribution is -0.384. The number of amides is 1. The van der Waals surface area contributed by atoms with Gasteiger partial charge in [0, 0.05) is 31.1 Å². The Morgan fingerprint density at radius 1 is 1.24 bits per heavy atom. The molecule has 1 aliphatic rings. The van der Waals surface area contributed by atoms with Crippen LogP contribution in [0, 0.1) is 21.3 Å². The second-order valence-corrected chi connectivity index (χ2v) is 8.41. The SMILES string of the molecule is CC1(C(=O)O)CC(c2ccc(CC(F)(F)F)c(F)c2)CN(C(=O)Oc2ccc([N+](=O)[O-])cc2)C1. The molecule has 2 unspecified atom stereocenters. The highest BCUT2D eigenvalue weighted by Crippen LogP contribution is 2.39. The molecule has 3 rings (SSSR count). The standard InChI is InChI=1S/C22H20F4N2O6/c1-21(19(29)30)9-15(13-2-3-14(18(23)8-13)10-22(24,25)26)11-27(12-21)20(31)34-17-6-4-16(5-7-17)28(32)33/h2-8,15H,9-12H2,1H3,(H,29,30). The molecule has 0 saturated carbocycles. The van der Waals surface area contributed by atoms with Crippen LogP contribution in [0.4, 0.5) is 28.0 Å². The average Bonchev–Trinajstić information content (AvgIpc) is 2.74. The fourth-order valence-corrected chi connectivity index (χ4v) is 3.92. The smallest absolute Gasteiger partial charge is 0.415 e. The average molecular weight is 484 g/mol. The number of rotatable bonds is 5. The highest BCUT2D eigenvalue weighted by molar-refractivity contribution is 5.77. The van der Waals surface area contributed by atoms with Crippen LogP contribution in [-0.4, -0.2) is 46.3 Å². The number of likely N-dealkylation sites (tertiary alicyclic amines) is 1. The summed E-state index contributed by atoms with van der Waals surface area (Å²) in [4.78, 5) is 35.9. The summed E-state index contributed by atoms with van der Waals surface area (Å²) in [6, 6.07) is 7.92. The molecule has 1 saturated heterocycles. The largest absolute Gasteiger partial charge is 0.481 e. The summed E-state index contributed by atoms with van der Waals surface area (Å²) in [5.41, 5.74) is -1.93. The zero-order chi connectivity index (χ0) is 25.3. The number of hydrogen-bond donors (Lipinski definition) is 1. The number of nitro benzene ring substituents is 1. The lowest BCUT2D eigenvalue weighted by atomic mass is 9.74. The third-order valence-corrected chi connectivity index (χ3v) is 5.64. The summed E-state index contributed by atoms with van der Waals surface area (Å²) in [6.07, 6.45) is -6.93. The van der Waals surface area contributed by atoms with E-state index in [2.05, 4.69) is 0 Å². The molecule has 1 amide bonds. The maximum atomic E-state index is 14.3. The summed E-state index contributed by atoms with van der Waals surface area (Å²) >= 11 is 0. The molecule has 8 nitrogen and oxygen atoms in total. The molecule has 0 aliphatic carbocycles. The number of nitrogens with zero attached hydrogens (tertiary/aromatic N) is 2. The van der Waals surface area contributed by atoms with Gasteiger partial charge in [0.15, 0.2) is 0 Å². The Morgan fingerprint density at radius 3 is 2.41 bits per heavy atom. The molecule has 2 atom stereocenters. The van der Waals surface area contributed by atoms with Gasteiger partial charge in [0.05, 0.1) is 16.8 Å². The number of non-ortho nitro benzene ring substituents is 1. The van der Waals surface area contributed by atoms with Crippen molar-refractivity contribution in [3.05, 3.63) is 69.5 Å². The van der Waals surface area contributed by atoms with Gasteiger partial charge >= 0.3 is 18.2 Å². The number of aliphatic carboxylic acids is 1. The van der Waals surface area contributed by atoms with E-state index in [0.29, 0.717) is 0 Å². The van der Waals surface area contributed by atoms with Crippen LogP contribution in [0.2, 0.25) is 0 Å². The Hall–Kier alpha value is -3.70. The van der Waals surface area contributed by atoms with Crippen LogP contribution in [0.5, 0.6) is 5.75 Å². The van der Waals surface area contributed by atoms with Gasteiger partial charge in [-0.05, 0) is 42.7 Å². The molecule has 12 heteroatoms. The van der Waals surface area contributed by atoms with E-state index in [1.807, 2.05) is 0 Å². The topological polar surface area (TPSA) is 110 Å². The first-order chi connectivity index (χ1) is 15.8. The van der Waals surface area contributed by atoms with Crippen molar-refractivity contribution in [1.29, 1.82) is 0 Å². The first kappa shape index (κ1) is 24.9. The number of benzene rings is 2. The van der Waals surface area contributed by atoms with Crippen LogP contribution in [0.1, 0.15) is 30.4 Å². The van der Waals surface area contributed by atoms with Crippen molar-refractivity contribution >= 4 is 17.7 Å². The number of carbonyl (C=O) groups excluding carboxylic acids is 1. The molecular weight excluding hydrogens is 464 g/mol. The number of alkyl halides is 3. The van der Waals surface area contributed by atoms with E-state index >= 15 is 0 Å². The molecular formula is C22H20F4N2O6. The van der Waals surface area contributed by atoms with Crippen LogP contribution >= 0.6 is 0 Å². The van der Waals surface area contributed by atoms with Crippen LogP contribution in [0.15, 0.2) is 42.5 Å². The minimum absolute atomic E-state index is 0.00250. The van der Waals surface area contributed by atoms with E-state index in [4.69, 9.17) is 4.74 Å².